The lowest BCUT2D eigenvalue weighted by molar-refractivity contribution is -0.160. The Morgan fingerprint density at radius 2 is 1.58 bits per heavy atom. The van der Waals surface area contributed by atoms with Crippen molar-refractivity contribution in [2.45, 2.75) is 72.6 Å². The van der Waals surface area contributed by atoms with Gasteiger partial charge in [0.05, 0.1) is 17.0 Å². The van der Waals surface area contributed by atoms with E-state index in [9.17, 15) is 14.3 Å². The molecule has 0 amide bonds. The van der Waals surface area contributed by atoms with E-state index in [1.807, 2.05) is 76.2 Å². The molecule has 0 fully saturated rings. The molecule has 0 saturated heterocycles. The molecule has 3 heterocycles. The Balaban J connectivity index is 1.61. The summed E-state index contributed by atoms with van der Waals surface area (Å²) in [5.41, 5.74) is 5.78. The third-order valence-corrected chi connectivity index (χ3v) is 8.85. The lowest BCUT2D eigenvalue weighted by atomic mass is 9.98. The van der Waals surface area contributed by atoms with Gasteiger partial charge in [0.2, 0.25) is 0 Å². The van der Waals surface area contributed by atoms with E-state index < -0.39 is 17.7 Å². The van der Waals surface area contributed by atoms with E-state index in [0.717, 1.165) is 27.8 Å². The molecule has 262 valence electrons. The number of aromatic nitrogens is 3. The molecule has 0 saturated carbocycles. The van der Waals surface area contributed by atoms with Crippen LogP contribution in [0.3, 0.4) is 0 Å². The average Bonchev–Trinajstić information content (AvgIpc) is 3.46. The summed E-state index contributed by atoms with van der Waals surface area (Å²) < 4.78 is 35.2. The molecule has 2 aromatic heterocycles. The van der Waals surface area contributed by atoms with Gasteiger partial charge in [0.25, 0.3) is 0 Å². The van der Waals surface area contributed by atoms with E-state index in [1.165, 1.54) is 12.1 Å². The van der Waals surface area contributed by atoms with E-state index in [4.69, 9.17) is 24.3 Å². The second-order valence-electron chi connectivity index (χ2n) is 14.8. The van der Waals surface area contributed by atoms with Crippen LogP contribution in [-0.4, -0.2) is 68.0 Å². The van der Waals surface area contributed by atoms with Crippen LogP contribution in [0.2, 0.25) is 0 Å². The van der Waals surface area contributed by atoms with Crippen LogP contribution in [-0.2, 0) is 9.53 Å². The number of rotatable bonds is 3. The number of carboxylic acids is 1. The SMILES string of the molecule is Cc1ccc2cc1OCCN(C(C)(C)C)CCOc1cc(F)ccc1-c1cccc(c1)-c1cc3nc(C)c([C@H](OC(C)(C)C)C(=O)O)c-2n3n1. The first-order valence-electron chi connectivity index (χ1n) is 16.9. The van der Waals surface area contributed by atoms with Crippen molar-refractivity contribution in [3.05, 3.63) is 89.4 Å². The zero-order valence-electron chi connectivity index (χ0n) is 30.0. The first-order valence-corrected chi connectivity index (χ1v) is 16.9. The van der Waals surface area contributed by atoms with Gasteiger partial charge in [0, 0.05) is 58.7 Å². The summed E-state index contributed by atoms with van der Waals surface area (Å²) in [6.45, 7) is 17.7. The number of benzene rings is 3. The summed E-state index contributed by atoms with van der Waals surface area (Å²) in [6.07, 6.45) is -1.32. The minimum absolute atomic E-state index is 0.187. The molecule has 1 aliphatic heterocycles. The molecular weight excluding hydrogens is 635 g/mol. The third kappa shape index (κ3) is 7.37. The summed E-state index contributed by atoms with van der Waals surface area (Å²) in [5, 5.41) is 15.6. The van der Waals surface area contributed by atoms with Gasteiger partial charge in [-0.05, 0) is 90.8 Å². The maximum Gasteiger partial charge on any atom is 0.337 e. The van der Waals surface area contributed by atoms with E-state index in [2.05, 4.69) is 25.7 Å². The fourth-order valence-corrected chi connectivity index (χ4v) is 6.37. The lowest BCUT2D eigenvalue weighted by Crippen LogP contribution is -2.45. The number of ether oxygens (including phenoxy) is 3. The van der Waals surface area contributed by atoms with Crippen LogP contribution >= 0.6 is 0 Å². The summed E-state index contributed by atoms with van der Waals surface area (Å²) in [7, 11) is 0. The number of carboxylic acid groups (broad SMARTS) is 1. The molecule has 0 unspecified atom stereocenters. The molecule has 0 radical (unpaired) electrons. The molecule has 1 aliphatic rings. The van der Waals surface area contributed by atoms with Crippen molar-refractivity contribution in [3.8, 4) is 45.1 Å². The number of halogens is 1. The Kier molecular flexibility index (Phi) is 9.45. The second kappa shape index (κ2) is 13.5. The number of fused-ring (bicyclic) bond motifs is 9. The van der Waals surface area contributed by atoms with Crippen LogP contribution in [0.15, 0.2) is 66.7 Å². The highest BCUT2D eigenvalue weighted by molar-refractivity contribution is 5.82. The van der Waals surface area contributed by atoms with Crippen molar-refractivity contribution >= 4 is 11.6 Å². The summed E-state index contributed by atoms with van der Waals surface area (Å²) in [5.74, 6) is -0.377. The van der Waals surface area contributed by atoms with E-state index in [-0.39, 0.29) is 11.4 Å². The minimum Gasteiger partial charge on any atom is -0.492 e. The highest BCUT2D eigenvalue weighted by Gasteiger charge is 2.33. The highest BCUT2D eigenvalue weighted by atomic mass is 19.1. The molecule has 0 aliphatic carbocycles. The van der Waals surface area contributed by atoms with Crippen LogP contribution < -0.4 is 9.47 Å². The second-order valence-corrected chi connectivity index (χ2v) is 14.8. The third-order valence-electron chi connectivity index (χ3n) is 8.85. The van der Waals surface area contributed by atoms with Crippen molar-refractivity contribution in [1.29, 1.82) is 0 Å². The molecule has 50 heavy (non-hydrogen) atoms. The number of nitrogens with zero attached hydrogens (tertiary/aromatic N) is 4. The van der Waals surface area contributed by atoms with Crippen molar-refractivity contribution in [1.82, 2.24) is 19.5 Å². The fraction of sp³-hybridized carbons (Fsp3) is 0.375. The Morgan fingerprint density at radius 3 is 2.26 bits per heavy atom. The summed E-state index contributed by atoms with van der Waals surface area (Å²) in [4.78, 5) is 20.0. The normalized spacial score (nSPS) is 15.0. The van der Waals surface area contributed by atoms with Gasteiger partial charge >= 0.3 is 5.97 Å². The fourth-order valence-electron chi connectivity index (χ4n) is 6.37. The highest BCUT2D eigenvalue weighted by Crippen LogP contribution is 2.39. The van der Waals surface area contributed by atoms with Crippen LogP contribution in [0.1, 0.15) is 64.5 Å². The van der Waals surface area contributed by atoms with Crippen LogP contribution in [0, 0.1) is 19.7 Å². The first-order chi connectivity index (χ1) is 23.6. The minimum atomic E-state index is -1.32. The van der Waals surface area contributed by atoms with Crippen LogP contribution in [0.4, 0.5) is 4.39 Å². The first kappa shape index (κ1) is 35.0. The van der Waals surface area contributed by atoms with Crippen molar-refractivity contribution < 1.29 is 28.5 Å². The Hall–Kier alpha value is -4.80. The van der Waals surface area contributed by atoms with Crippen LogP contribution in [0.25, 0.3) is 39.3 Å². The maximum absolute atomic E-state index is 14.6. The zero-order valence-corrected chi connectivity index (χ0v) is 30.0. The smallest absolute Gasteiger partial charge is 0.337 e. The quantitative estimate of drug-likeness (QED) is 0.203. The molecular formula is C40H45FN4O5. The van der Waals surface area contributed by atoms with Crippen molar-refractivity contribution in [2.75, 3.05) is 26.3 Å². The van der Waals surface area contributed by atoms with Crippen molar-refractivity contribution in [3.63, 3.8) is 0 Å². The molecule has 3 aromatic carbocycles. The number of aliphatic carboxylic acids is 1. The molecule has 1 N–H and O–H groups in total. The Morgan fingerprint density at radius 1 is 0.880 bits per heavy atom. The number of hydrogen-bond donors (Lipinski definition) is 1. The predicted octanol–water partition coefficient (Wildman–Crippen LogP) is 8.30. The molecule has 5 aromatic rings. The zero-order chi connectivity index (χ0) is 36.0. The molecule has 6 bridgehead atoms. The van der Waals surface area contributed by atoms with Gasteiger partial charge in [-0.1, -0.05) is 30.3 Å². The lowest BCUT2D eigenvalue weighted by Gasteiger charge is -2.35. The number of hydrogen-bond acceptors (Lipinski definition) is 7. The summed E-state index contributed by atoms with van der Waals surface area (Å²) >= 11 is 0. The molecule has 0 spiro atoms. The maximum atomic E-state index is 14.6. The van der Waals surface area contributed by atoms with Gasteiger partial charge in [-0.2, -0.15) is 5.10 Å². The largest absolute Gasteiger partial charge is 0.492 e. The van der Waals surface area contributed by atoms with Gasteiger partial charge < -0.3 is 19.3 Å². The van der Waals surface area contributed by atoms with E-state index in [0.29, 0.717) is 66.1 Å². The topological polar surface area (TPSA) is 98.4 Å². The molecule has 9 nitrogen and oxygen atoms in total. The molecule has 10 heteroatoms. The monoisotopic (exact) mass is 680 g/mol. The number of carbonyl (C=O) groups is 1. The standard InChI is InChI=1S/C40H45FN4O5/c1-24-12-13-28-21-32(24)48-18-16-44(39(3,4)5)17-19-49-33-22-29(41)14-15-30(33)26-10-9-11-27(20-26)31-23-34-42-25(2)35(36(28)45(34)43-31)37(38(46)47)50-40(6,7)8/h9-15,20-23,37H,16-19H2,1-8H3,(H,46,47)/t37-/m0/s1. The van der Waals surface area contributed by atoms with Gasteiger partial charge in [-0.25, -0.2) is 18.7 Å². The van der Waals surface area contributed by atoms with Crippen molar-refractivity contribution in [2.24, 2.45) is 0 Å². The van der Waals surface area contributed by atoms with E-state index >= 15 is 0 Å². The van der Waals surface area contributed by atoms with Gasteiger partial charge in [0.1, 0.15) is 30.5 Å². The van der Waals surface area contributed by atoms with Gasteiger partial charge in [0.15, 0.2) is 11.8 Å². The van der Waals surface area contributed by atoms with Gasteiger partial charge in [-0.3, -0.25) is 4.90 Å². The number of aryl methyl sites for hydroxylation is 2. The van der Waals surface area contributed by atoms with E-state index in [1.54, 1.807) is 17.5 Å². The average molecular weight is 681 g/mol. The molecule has 1 atom stereocenters. The summed E-state index contributed by atoms with van der Waals surface area (Å²) in [6, 6.07) is 20.2. The van der Waals surface area contributed by atoms with Gasteiger partial charge in [-0.15, -0.1) is 0 Å². The predicted molar refractivity (Wildman–Crippen MR) is 192 cm³/mol. The molecule has 6 rings (SSSR count). The van der Waals surface area contributed by atoms with Crippen LogP contribution in [0.5, 0.6) is 11.5 Å². The Bertz CT molecular complexity index is 2060. The Labute approximate surface area is 292 Å².